The van der Waals surface area contributed by atoms with E-state index in [0.717, 1.165) is 0 Å². The van der Waals surface area contributed by atoms with Crippen LogP contribution < -0.4 is 16.4 Å². The molecule has 0 aliphatic carbocycles. The van der Waals surface area contributed by atoms with Crippen LogP contribution in [0.1, 0.15) is 5.56 Å². The number of phenolic OH excluding ortho intramolecular Hbond substituents is 1. The lowest BCUT2D eigenvalue weighted by atomic mass is 10.1. The predicted octanol–water partition coefficient (Wildman–Crippen LogP) is -1.76. The first kappa shape index (κ1) is 20.7. The number of benzene rings is 1. The van der Waals surface area contributed by atoms with Gasteiger partial charge in [-0.2, -0.15) is 12.6 Å². The van der Waals surface area contributed by atoms with Crippen molar-refractivity contribution in [3.8, 4) is 5.75 Å². The van der Waals surface area contributed by atoms with Crippen LogP contribution in [0.3, 0.4) is 0 Å². The molecule has 0 spiro atoms. The van der Waals surface area contributed by atoms with Gasteiger partial charge in [0.1, 0.15) is 17.8 Å². The highest BCUT2D eigenvalue weighted by Crippen LogP contribution is 2.11. The summed E-state index contributed by atoms with van der Waals surface area (Å²) < 4.78 is 0. The van der Waals surface area contributed by atoms with E-state index in [9.17, 15) is 29.7 Å². The van der Waals surface area contributed by atoms with Crippen LogP contribution in [0, 0.1) is 0 Å². The predicted molar refractivity (Wildman–Crippen MR) is 92.2 cm³/mol. The summed E-state index contributed by atoms with van der Waals surface area (Å²) in [5.74, 6) is -2.74. The summed E-state index contributed by atoms with van der Waals surface area (Å²) in [6, 6.07) is 2.26. The van der Waals surface area contributed by atoms with E-state index in [1.807, 2.05) is 0 Å². The van der Waals surface area contributed by atoms with Crippen LogP contribution in [0.25, 0.3) is 0 Å². The number of amides is 2. The molecule has 0 saturated heterocycles. The first-order valence-corrected chi connectivity index (χ1v) is 8.00. The van der Waals surface area contributed by atoms with Crippen LogP contribution in [-0.2, 0) is 20.8 Å². The number of hydrogen-bond acceptors (Lipinski definition) is 7. The van der Waals surface area contributed by atoms with Gasteiger partial charge in [0.05, 0.1) is 12.6 Å². The Morgan fingerprint density at radius 2 is 1.64 bits per heavy atom. The van der Waals surface area contributed by atoms with Crippen molar-refractivity contribution in [1.29, 1.82) is 0 Å². The van der Waals surface area contributed by atoms with E-state index in [1.165, 1.54) is 24.3 Å². The van der Waals surface area contributed by atoms with E-state index in [1.54, 1.807) is 0 Å². The molecular weight excluding hydrogens is 350 g/mol. The molecule has 0 saturated carbocycles. The van der Waals surface area contributed by atoms with E-state index < -0.39 is 42.5 Å². The van der Waals surface area contributed by atoms with Crippen molar-refractivity contribution in [2.24, 2.45) is 5.73 Å². The molecule has 0 heterocycles. The number of carboxylic acid groups (broad SMARTS) is 1. The Bertz CT molecular complexity index is 610. The third-order valence-electron chi connectivity index (χ3n) is 3.34. The van der Waals surface area contributed by atoms with E-state index in [-0.39, 0.29) is 17.9 Å². The molecule has 25 heavy (non-hydrogen) atoms. The van der Waals surface area contributed by atoms with E-state index in [2.05, 4.69) is 23.3 Å². The van der Waals surface area contributed by atoms with Crippen LogP contribution in [0.2, 0.25) is 0 Å². The molecule has 7 N–H and O–H groups in total. The Kier molecular flexibility index (Phi) is 8.19. The maximum absolute atomic E-state index is 12.1. The van der Waals surface area contributed by atoms with E-state index in [4.69, 9.17) is 5.73 Å². The Labute approximate surface area is 149 Å². The lowest BCUT2D eigenvalue weighted by Gasteiger charge is -2.21. The minimum atomic E-state index is -1.33. The highest BCUT2D eigenvalue weighted by atomic mass is 32.1. The number of nitrogens with two attached hydrogens (primary N) is 1. The van der Waals surface area contributed by atoms with E-state index >= 15 is 0 Å². The molecule has 0 radical (unpaired) electrons. The van der Waals surface area contributed by atoms with Crippen LogP contribution in [0.4, 0.5) is 0 Å². The maximum atomic E-state index is 12.1. The summed E-state index contributed by atoms with van der Waals surface area (Å²) in [6.07, 6.45) is -0.0381. The smallest absolute Gasteiger partial charge is 0.326 e. The minimum absolute atomic E-state index is 0.0308. The molecule has 0 fully saturated rings. The molecule has 138 valence electrons. The number of rotatable bonds is 9. The molecule has 1 rings (SSSR count). The number of carboxylic acids is 1. The zero-order chi connectivity index (χ0) is 19.0. The summed E-state index contributed by atoms with van der Waals surface area (Å²) in [4.78, 5) is 35.2. The average molecular weight is 371 g/mol. The van der Waals surface area contributed by atoms with Gasteiger partial charge in [0, 0.05) is 12.2 Å². The Hall–Kier alpha value is -2.30. The quantitative estimate of drug-likeness (QED) is 0.253. The molecule has 0 aliphatic rings. The first-order valence-electron chi connectivity index (χ1n) is 7.37. The second kappa shape index (κ2) is 9.87. The molecule has 0 bridgehead atoms. The number of aliphatic hydroxyl groups excluding tert-OH is 1. The standard InChI is InChI=1S/C15H21N3O6S/c16-10(7-25)13(21)18-12(6-19)14(22)17-11(15(23)24)5-8-1-3-9(20)4-2-8/h1-4,10-12,19-20,25H,5-7,16H2,(H,17,22)(H,18,21)(H,23,24). The third kappa shape index (κ3) is 6.61. The normalized spacial score (nSPS) is 14.2. The SMILES string of the molecule is NC(CS)C(=O)NC(CO)C(=O)NC(Cc1ccc(O)cc1)C(=O)O. The molecule has 0 aliphatic heterocycles. The minimum Gasteiger partial charge on any atom is -0.508 e. The highest BCUT2D eigenvalue weighted by Gasteiger charge is 2.27. The van der Waals surface area contributed by atoms with Gasteiger partial charge in [-0.05, 0) is 17.7 Å². The molecule has 10 heteroatoms. The molecule has 0 aromatic heterocycles. The van der Waals surface area contributed by atoms with Crippen LogP contribution in [0.5, 0.6) is 5.75 Å². The van der Waals surface area contributed by atoms with Gasteiger partial charge in [0.15, 0.2) is 0 Å². The fraction of sp³-hybridized carbons (Fsp3) is 0.400. The van der Waals surface area contributed by atoms with Gasteiger partial charge in [-0.1, -0.05) is 12.1 Å². The Morgan fingerprint density at radius 1 is 1.08 bits per heavy atom. The van der Waals surface area contributed by atoms with Gasteiger partial charge >= 0.3 is 5.97 Å². The van der Waals surface area contributed by atoms with Crippen molar-refractivity contribution in [3.63, 3.8) is 0 Å². The highest BCUT2D eigenvalue weighted by molar-refractivity contribution is 7.80. The summed E-state index contributed by atoms with van der Waals surface area (Å²) in [5, 5.41) is 32.2. The Morgan fingerprint density at radius 3 is 2.12 bits per heavy atom. The third-order valence-corrected chi connectivity index (χ3v) is 3.73. The van der Waals surface area contributed by atoms with Crippen molar-refractivity contribution in [2.45, 2.75) is 24.5 Å². The summed E-state index contributed by atoms with van der Waals surface area (Å²) in [7, 11) is 0. The van der Waals surface area contributed by atoms with Crippen LogP contribution in [-0.4, -0.2) is 63.6 Å². The molecule has 1 aromatic carbocycles. The Balaban J connectivity index is 2.75. The fourth-order valence-corrected chi connectivity index (χ4v) is 2.06. The van der Waals surface area contributed by atoms with Crippen molar-refractivity contribution >= 4 is 30.4 Å². The largest absolute Gasteiger partial charge is 0.508 e. The van der Waals surface area contributed by atoms with Crippen molar-refractivity contribution in [1.82, 2.24) is 10.6 Å². The number of aromatic hydroxyl groups is 1. The van der Waals surface area contributed by atoms with Gasteiger partial charge in [0.25, 0.3) is 0 Å². The van der Waals surface area contributed by atoms with Crippen LogP contribution in [0.15, 0.2) is 24.3 Å². The van der Waals surface area contributed by atoms with Crippen molar-refractivity contribution in [3.05, 3.63) is 29.8 Å². The maximum Gasteiger partial charge on any atom is 0.326 e. The number of hydrogen-bond donors (Lipinski definition) is 7. The molecule has 3 unspecified atom stereocenters. The number of aliphatic carboxylic acids is 1. The second-order valence-electron chi connectivity index (χ2n) is 5.30. The van der Waals surface area contributed by atoms with Crippen molar-refractivity contribution < 1.29 is 29.7 Å². The molecular formula is C15H21N3O6S. The first-order chi connectivity index (χ1) is 11.8. The number of aliphatic hydroxyl groups is 1. The summed E-state index contributed by atoms with van der Waals surface area (Å²) >= 11 is 3.86. The average Bonchev–Trinajstić information content (AvgIpc) is 2.59. The van der Waals surface area contributed by atoms with Gasteiger partial charge in [-0.25, -0.2) is 4.79 Å². The topological polar surface area (TPSA) is 162 Å². The van der Waals surface area contributed by atoms with Gasteiger partial charge in [-0.15, -0.1) is 0 Å². The fourth-order valence-electron chi connectivity index (χ4n) is 1.90. The van der Waals surface area contributed by atoms with Crippen LogP contribution >= 0.6 is 12.6 Å². The second-order valence-corrected chi connectivity index (χ2v) is 5.67. The number of nitrogens with one attached hydrogen (secondary N) is 2. The number of carbonyl (C=O) groups excluding carboxylic acids is 2. The number of carbonyl (C=O) groups is 3. The molecule has 1 aromatic rings. The van der Waals surface area contributed by atoms with Gasteiger partial charge < -0.3 is 31.7 Å². The van der Waals surface area contributed by atoms with E-state index in [0.29, 0.717) is 5.56 Å². The number of phenols is 1. The number of thiol groups is 1. The van der Waals surface area contributed by atoms with Crippen molar-refractivity contribution in [2.75, 3.05) is 12.4 Å². The molecule has 3 atom stereocenters. The summed E-state index contributed by atoms with van der Waals surface area (Å²) in [5.41, 5.74) is 6.04. The lowest BCUT2D eigenvalue weighted by molar-refractivity contribution is -0.142. The molecule has 9 nitrogen and oxygen atoms in total. The monoisotopic (exact) mass is 371 g/mol. The zero-order valence-electron chi connectivity index (χ0n) is 13.3. The lowest BCUT2D eigenvalue weighted by Crippen LogP contribution is -2.56. The zero-order valence-corrected chi connectivity index (χ0v) is 14.1. The van der Waals surface area contributed by atoms with Gasteiger partial charge in [0.2, 0.25) is 11.8 Å². The van der Waals surface area contributed by atoms with Gasteiger partial charge in [-0.3, -0.25) is 9.59 Å². The molecule has 2 amide bonds. The summed E-state index contributed by atoms with van der Waals surface area (Å²) in [6.45, 7) is -0.720.